The number of aromatic nitrogens is 1. The highest BCUT2D eigenvalue weighted by Gasteiger charge is 2.42. The largest absolute Gasteiger partial charge is 0.272 e. The van der Waals surface area contributed by atoms with Crippen molar-refractivity contribution in [1.82, 2.24) is 15.8 Å². The van der Waals surface area contributed by atoms with Gasteiger partial charge in [0.1, 0.15) is 11.9 Å². The SMILES string of the molecule is CC1NNC2C(=O)N(c3ccccn3)C=NC12. The van der Waals surface area contributed by atoms with Crippen LogP contribution in [-0.2, 0) is 4.79 Å². The van der Waals surface area contributed by atoms with Crippen LogP contribution in [0.3, 0.4) is 0 Å². The first kappa shape index (κ1) is 10.4. The number of anilines is 1. The minimum Gasteiger partial charge on any atom is -0.272 e. The molecule has 2 aliphatic heterocycles. The predicted molar refractivity (Wildman–Crippen MR) is 63.5 cm³/mol. The first-order chi connectivity index (χ1) is 8.27. The Morgan fingerprint density at radius 2 is 2.24 bits per heavy atom. The third-order valence-corrected chi connectivity index (χ3v) is 3.07. The Kier molecular flexibility index (Phi) is 2.38. The van der Waals surface area contributed by atoms with Gasteiger partial charge in [-0.05, 0) is 19.1 Å². The van der Waals surface area contributed by atoms with Crippen LogP contribution in [0.25, 0.3) is 0 Å². The normalized spacial score (nSPS) is 31.7. The number of carbonyl (C=O) groups is 1. The van der Waals surface area contributed by atoms with E-state index in [0.717, 1.165) is 0 Å². The molecule has 17 heavy (non-hydrogen) atoms. The van der Waals surface area contributed by atoms with Gasteiger partial charge in [-0.15, -0.1) is 0 Å². The van der Waals surface area contributed by atoms with E-state index >= 15 is 0 Å². The lowest BCUT2D eigenvalue weighted by Crippen LogP contribution is -2.52. The molecule has 3 unspecified atom stereocenters. The van der Waals surface area contributed by atoms with Crippen molar-refractivity contribution < 1.29 is 4.79 Å². The van der Waals surface area contributed by atoms with Gasteiger partial charge in [-0.1, -0.05) is 6.07 Å². The van der Waals surface area contributed by atoms with Gasteiger partial charge >= 0.3 is 0 Å². The molecule has 3 atom stereocenters. The Morgan fingerprint density at radius 3 is 3.00 bits per heavy atom. The van der Waals surface area contributed by atoms with E-state index in [0.29, 0.717) is 5.82 Å². The lowest BCUT2D eigenvalue weighted by atomic mass is 10.0. The molecule has 0 saturated carbocycles. The van der Waals surface area contributed by atoms with Crippen molar-refractivity contribution in [3.05, 3.63) is 24.4 Å². The molecule has 2 aliphatic rings. The Balaban J connectivity index is 1.92. The molecule has 0 aromatic carbocycles. The number of hydrogen-bond donors (Lipinski definition) is 2. The molecule has 6 nitrogen and oxygen atoms in total. The summed E-state index contributed by atoms with van der Waals surface area (Å²) in [6.45, 7) is 2.00. The molecular formula is C11H13N5O. The first-order valence-corrected chi connectivity index (χ1v) is 5.56. The van der Waals surface area contributed by atoms with Crippen molar-refractivity contribution in [3.8, 4) is 0 Å². The molecule has 0 spiro atoms. The average Bonchev–Trinajstić information content (AvgIpc) is 2.74. The van der Waals surface area contributed by atoms with E-state index in [9.17, 15) is 4.79 Å². The van der Waals surface area contributed by atoms with Crippen molar-refractivity contribution in [2.75, 3.05) is 4.90 Å². The zero-order valence-electron chi connectivity index (χ0n) is 9.37. The molecule has 1 amide bonds. The maximum absolute atomic E-state index is 12.2. The number of hydrazine groups is 1. The van der Waals surface area contributed by atoms with Gasteiger partial charge in [-0.3, -0.25) is 20.1 Å². The monoisotopic (exact) mass is 231 g/mol. The van der Waals surface area contributed by atoms with Gasteiger partial charge in [0.05, 0.1) is 12.4 Å². The summed E-state index contributed by atoms with van der Waals surface area (Å²) in [5, 5.41) is 0. The van der Waals surface area contributed by atoms with E-state index in [2.05, 4.69) is 20.8 Å². The van der Waals surface area contributed by atoms with E-state index in [1.165, 1.54) is 4.90 Å². The summed E-state index contributed by atoms with van der Waals surface area (Å²) < 4.78 is 0. The summed E-state index contributed by atoms with van der Waals surface area (Å²) in [6, 6.07) is 5.26. The standard InChI is InChI=1S/C11H13N5O/c1-7-9-10(15-14-7)11(17)16(6-13-9)8-4-2-3-5-12-8/h2-7,9-10,14-15H,1H3. The number of rotatable bonds is 1. The van der Waals surface area contributed by atoms with Crippen LogP contribution in [0.15, 0.2) is 29.4 Å². The topological polar surface area (TPSA) is 69.6 Å². The Morgan fingerprint density at radius 1 is 1.35 bits per heavy atom. The molecule has 1 saturated heterocycles. The number of nitrogens with one attached hydrogen (secondary N) is 2. The molecular weight excluding hydrogens is 218 g/mol. The Bertz CT molecular complexity index is 460. The summed E-state index contributed by atoms with van der Waals surface area (Å²) in [6.07, 6.45) is 3.22. The van der Waals surface area contributed by atoms with Gasteiger partial charge in [-0.25, -0.2) is 10.4 Å². The van der Waals surface area contributed by atoms with E-state index in [1.807, 2.05) is 19.1 Å². The predicted octanol–water partition coefficient (Wildman–Crippen LogP) is -0.310. The minimum absolute atomic E-state index is 0.0273. The average molecular weight is 231 g/mol. The fourth-order valence-corrected chi connectivity index (χ4v) is 2.12. The third-order valence-electron chi connectivity index (χ3n) is 3.07. The summed E-state index contributed by atoms with van der Waals surface area (Å²) in [5.41, 5.74) is 6.01. The number of hydrogen-bond acceptors (Lipinski definition) is 5. The molecule has 1 fully saturated rings. The maximum atomic E-state index is 12.2. The molecule has 0 bridgehead atoms. The second-order valence-electron chi connectivity index (χ2n) is 4.21. The highest BCUT2D eigenvalue weighted by atomic mass is 16.2. The number of fused-ring (bicyclic) bond motifs is 1. The van der Waals surface area contributed by atoms with Gasteiger partial charge < -0.3 is 0 Å². The molecule has 3 heterocycles. The zero-order chi connectivity index (χ0) is 11.8. The van der Waals surface area contributed by atoms with E-state index in [1.54, 1.807) is 18.6 Å². The van der Waals surface area contributed by atoms with Crippen molar-refractivity contribution in [3.63, 3.8) is 0 Å². The zero-order valence-corrected chi connectivity index (χ0v) is 9.37. The number of aliphatic imine (C=N–C) groups is 1. The third kappa shape index (κ3) is 1.62. The van der Waals surface area contributed by atoms with E-state index in [-0.39, 0.29) is 24.0 Å². The molecule has 6 heteroatoms. The number of nitrogens with zero attached hydrogens (tertiary/aromatic N) is 3. The van der Waals surface area contributed by atoms with Crippen LogP contribution in [-0.4, -0.2) is 35.4 Å². The lowest BCUT2D eigenvalue weighted by Gasteiger charge is -2.27. The van der Waals surface area contributed by atoms with Crippen LogP contribution in [0.5, 0.6) is 0 Å². The van der Waals surface area contributed by atoms with Gasteiger partial charge in [-0.2, -0.15) is 0 Å². The van der Waals surface area contributed by atoms with Crippen LogP contribution >= 0.6 is 0 Å². The summed E-state index contributed by atoms with van der Waals surface area (Å²) in [7, 11) is 0. The van der Waals surface area contributed by atoms with Crippen molar-refractivity contribution in [2.24, 2.45) is 4.99 Å². The highest BCUT2D eigenvalue weighted by Crippen LogP contribution is 2.19. The second kappa shape index (κ2) is 3.90. The van der Waals surface area contributed by atoms with Gasteiger partial charge in [0.15, 0.2) is 0 Å². The molecule has 3 rings (SSSR count). The Hall–Kier alpha value is -1.79. The van der Waals surface area contributed by atoms with Crippen molar-refractivity contribution in [1.29, 1.82) is 0 Å². The van der Waals surface area contributed by atoms with Gasteiger partial charge in [0.2, 0.25) is 0 Å². The number of pyridine rings is 1. The smallest absolute Gasteiger partial charge is 0.254 e. The molecule has 0 aliphatic carbocycles. The van der Waals surface area contributed by atoms with Gasteiger partial charge in [0, 0.05) is 12.2 Å². The maximum Gasteiger partial charge on any atom is 0.254 e. The fourth-order valence-electron chi connectivity index (χ4n) is 2.12. The van der Waals surface area contributed by atoms with Crippen molar-refractivity contribution in [2.45, 2.75) is 25.0 Å². The van der Waals surface area contributed by atoms with Gasteiger partial charge in [0.25, 0.3) is 5.91 Å². The highest BCUT2D eigenvalue weighted by molar-refractivity contribution is 6.12. The van der Waals surface area contributed by atoms with Crippen LogP contribution in [0, 0.1) is 0 Å². The van der Waals surface area contributed by atoms with E-state index in [4.69, 9.17) is 0 Å². The van der Waals surface area contributed by atoms with Crippen molar-refractivity contribution >= 4 is 18.1 Å². The Labute approximate surface area is 98.7 Å². The van der Waals surface area contributed by atoms with Crippen LogP contribution in [0.4, 0.5) is 5.82 Å². The molecule has 88 valence electrons. The molecule has 1 aromatic rings. The minimum atomic E-state index is -0.308. The lowest BCUT2D eigenvalue weighted by molar-refractivity contribution is -0.119. The summed E-state index contributed by atoms with van der Waals surface area (Å²) in [5.74, 6) is 0.571. The quantitative estimate of drug-likeness (QED) is 0.695. The number of carbonyl (C=O) groups excluding carboxylic acids is 1. The molecule has 2 N–H and O–H groups in total. The fraction of sp³-hybridized carbons (Fsp3) is 0.364. The van der Waals surface area contributed by atoms with E-state index < -0.39 is 0 Å². The van der Waals surface area contributed by atoms with Crippen LogP contribution in [0.2, 0.25) is 0 Å². The first-order valence-electron chi connectivity index (χ1n) is 5.56. The number of amides is 1. The summed E-state index contributed by atoms with van der Waals surface area (Å²) >= 11 is 0. The second-order valence-corrected chi connectivity index (χ2v) is 4.21. The summed E-state index contributed by atoms with van der Waals surface area (Å²) in [4.78, 5) is 22.3. The molecule has 1 aromatic heterocycles. The van der Waals surface area contributed by atoms with Crippen LogP contribution in [0.1, 0.15) is 6.92 Å². The molecule has 0 radical (unpaired) electrons. The van der Waals surface area contributed by atoms with Crippen LogP contribution < -0.4 is 15.8 Å².